The van der Waals surface area contributed by atoms with Crippen molar-refractivity contribution in [2.45, 2.75) is 25.9 Å². The number of nitrogens with zero attached hydrogens (tertiary/aromatic N) is 1. The topological polar surface area (TPSA) is 67.9 Å². The lowest BCUT2D eigenvalue weighted by Gasteiger charge is -2.32. The number of carbonyl (C=O) groups excluding carboxylic acids is 2. The minimum absolute atomic E-state index is 0.148. The molecular formula is C32H32N2O4. The minimum Gasteiger partial charge on any atom is -0.497 e. The van der Waals surface area contributed by atoms with Crippen LogP contribution in [0.5, 0.6) is 11.5 Å². The van der Waals surface area contributed by atoms with Gasteiger partial charge in [-0.1, -0.05) is 84.9 Å². The van der Waals surface area contributed by atoms with Crippen LogP contribution in [0.1, 0.15) is 28.3 Å². The third kappa shape index (κ3) is 6.40. The molecule has 0 spiro atoms. The highest BCUT2D eigenvalue weighted by atomic mass is 16.5. The summed E-state index contributed by atoms with van der Waals surface area (Å²) >= 11 is 0. The molecule has 4 aromatic carbocycles. The number of hydrogen-bond acceptors (Lipinski definition) is 4. The average molecular weight is 509 g/mol. The highest BCUT2D eigenvalue weighted by Crippen LogP contribution is 2.32. The first kappa shape index (κ1) is 26.5. The Morgan fingerprint density at radius 2 is 1.47 bits per heavy atom. The number of methoxy groups -OCH3 is 2. The predicted molar refractivity (Wildman–Crippen MR) is 149 cm³/mol. The van der Waals surface area contributed by atoms with Gasteiger partial charge < -0.3 is 19.7 Å². The quantitative estimate of drug-likeness (QED) is 0.287. The van der Waals surface area contributed by atoms with Gasteiger partial charge in [-0.2, -0.15) is 0 Å². The smallest absolute Gasteiger partial charge is 0.251 e. The number of aryl methyl sites for hydroxylation is 1. The monoisotopic (exact) mass is 508 g/mol. The summed E-state index contributed by atoms with van der Waals surface area (Å²) in [5.41, 5.74) is 4.12. The van der Waals surface area contributed by atoms with Crippen molar-refractivity contribution in [2.24, 2.45) is 0 Å². The summed E-state index contributed by atoms with van der Waals surface area (Å²) in [6.45, 7) is 2.29. The van der Waals surface area contributed by atoms with Crippen LogP contribution in [0.15, 0.2) is 103 Å². The lowest BCUT2D eigenvalue weighted by atomic mass is 10.0. The largest absolute Gasteiger partial charge is 0.497 e. The molecule has 0 bridgehead atoms. The maximum absolute atomic E-state index is 14.0. The van der Waals surface area contributed by atoms with Gasteiger partial charge in [-0.25, -0.2) is 0 Å². The lowest BCUT2D eigenvalue weighted by molar-refractivity contribution is -0.139. The van der Waals surface area contributed by atoms with E-state index >= 15 is 0 Å². The fourth-order valence-corrected chi connectivity index (χ4v) is 4.38. The van der Waals surface area contributed by atoms with Crippen LogP contribution < -0.4 is 14.8 Å². The maximum atomic E-state index is 14.0. The highest BCUT2D eigenvalue weighted by molar-refractivity contribution is 5.99. The van der Waals surface area contributed by atoms with E-state index in [0.29, 0.717) is 22.7 Å². The van der Waals surface area contributed by atoms with E-state index in [1.165, 1.54) is 7.11 Å². The van der Waals surface area contributed by atoms with E-state index in [9.17, 15) is 9.59 Å². The second-order valence-corrected chi connectivity index (χ2v) is 8.98. The third-order valence-electron chi connectivity index (χ3n) is 6.46. The Balaban J connectivity index is 1.75. The van der Waals surface area contributed by atoms with Crippen molar-refractivity contribution in [3.8, 4) is 11.5 Å². The number of amides is 2. The van der Waals surface area contributed by atoms with Crippen LogP contribution in [-0.4, -0.2) is 30.9 Å². The average Bonchev–Trinajstić information content (AvgIpc) is 2.95. The Labute approximate surface area is 223 Å². The fourth-order valence-electron chi connectivity index (χ4n) is 4.38. The Morgan fingerprint density at radius 3 is 2.13 bits per heavy atom. The SMILES string of the molecule is COc1ccc(NC(=O)C(c2ccccc2)N(Cc2ccccc2C)C(=O)Cc2ccccc2)c(OC)c1. The number of nitrogens with one attached hydrogen (secondary N) is 1. The maximum Gasteiger partial charge on any atom is 0.251 e. The molecule has 1 unspecified atom stereocenters. The van der Waals surface area contributed by atoms with E-state index in [0.717, 1.165) is 16.7 Å². The minimum atomic E-state index is -0.876. The molecule has 4 rings (SSSR count). The normalized spacial score (nSPS) is 11.3. The van der Waals surface area contributed by atoms with Gasteiger partial charge >= 0.3 is 0 Å². The van der Waals surface area contributed by atoms with E-state index in [1.807, 2.05) is 91.9 Å². The van der Waals surface area contributed by atoms with Crippen molar-refractivity contribution in [2.75, 3.05) is 19.5 Å². The van der Waals surface area contributed by atoms with Crippen LogP contribution in [0.25, 0.3) is 0 Å². The van der Waals surface area contributed by atoms with Gasteiger partial charge in [0.1, 0.15) is 17.5 Å². The summed E-state index contributed by atoms with van der Waals surface area (Å²) in [7, 11) is 3.10. The fraction of sp³-hybridized carbons (Fsp3) is 0.188. The van der Waals surface area contributed by atoms with Crippen LogP contribution in [-0.2, 0) is 22.6 Å². The van der Waals surface area contributed by atoms with Crippen LogP contribution >= 0.6 is 0 Å². The first-order valence-corrected chi connectivity index (χ1v) is 12.5. The van der Waals surface area contributed by atoms with Crippen molar-refractivity contribution in [3.63, 3.8) is 0 Å². The molecule has 0 heterocycles. The number of anilines is 1. The molecule has 0 saturated heterocycles. The summed E-state index contributed by atoms with van der Waals surface area (Å²) < 4.78 is 10.8. The van der Waals surface area contributed by atoms with Gasteiger partial charge in [-0.15, -0.1) is 0 Å². The van der Waals surface area contributed by atoms with E-state index in [2.05, 4.69) is 5.32 Å². The molecule has 0 aliphatic carbocycles. The lowest BCUT2D eigenvalue weighted by Crippen LogP contribution is -2.41. The van der Waals surface area contributed by atoms with E-state index in [-0.39, 0.29) is 24.8 Å². The molecule has 0 aromatic heterocycles. The number of rotatable bonds is 10. The molecule has 0 fully saturated rings. The molecule has 1 atom stereocenters. The molecule has 0 aliphatic heterocycles. The summed E-state index contributed by atoms with van der Waals surface area (Å²) in [4.78, 5) is 29.6. The number of carbonyl (C=O) groups is 2. The van der Waals surface area contributed by atoms with Crippen LogP contribution in [0.3, 0.4) is 0 Å². The first-order valence-electron chi connectivity index (χ1n) is 12.5. The summed E-state index contributed by atoms with van der Waals surface area (Å²) in [6, 6.07) is 31.2. The molecule has 0 radical (unpaired) electrons. The van der Waals surface area contributed by atoms with E-state index in [4.69, 9.17) is 9.47 Å². The van der Waals surface area contributed by atoms with Gasteiger partial charge in [0.05, 0.1) is 26.3 Å². The number of hydrogen-bond donors (Lipinski definition) is 1. The van der Waals surface area contributed by atoms with Crippen molar-refractivity contribution < 1.29 is 19.1 Å². The molecule has 4 aromatic rings. The molecule has 6 nitrogen and oxygen atoms in total. The van der Waals surface area contributed by atoms with Crippen molar-refractivity contribution in [3.05, 3.63) is 125 Å². The molecule has 6 heteroatoms. The van der Waals surface area contributed by atoms with Crippen LogP contribution in [0, 0.1) is 6.92 Å². The predicted octanol–water partition coefficient (Wildman–Crippen LogP) is 5.96. The molecular weight excluding hydrogens is 476 g/mol. The van der Waals surface area contributed by atoms with Gasteiger partial charge in [0.25, 0.3) is 5.91 Å². The van der Waals surface area contributed by atoms with Gasteiger partial charge in [0.2, 0.25) is 5.91 Å². The highest BCUT2D eigenvalue weighted by Gasteiger charge is 2.32. The van der Waals surface area contributed by atoms with Gasteiger partial charge in [-0.3, -0.25) is 9.59 Å². The van der Waals surface area contributed by atoms with Crippen molar-refractivity contribution in [1.29, 1.82) is 0 Å². The summed E-state index contributed by atoms with van der Waals surface area (Å²) in [6.07, 6.45) is 0.176. The Bertz CT molecular complexity index is 1370. The zero-order valence-corrected chi connectivity index (χ0v) is 21.9. The second-order valence-electron chi connectivity index (χ2n) is 8.98. The summed E-state index contributed by atoms with van der Waals surface area (Å²) in [5.74, 6) is 0.587. The molecule has 194 valence electrons. The Morgan fingerprint density at radius 1 is 0.816 bits per heavy atom. The first-order chi connectivity index (χ1) is 18.5. The summed E-state index contributed by atoms with van der Waals surface area (Å²) in [5, 5.41) is 3.00. The van der Waals surface area contributed by atoms with Crippen LogP contribution in [0.2, 0.25) is 0 Å². The van der Waals surface area contributed by atoms with Crippen molar-refractivity contribution in [1.82, 2.24) is 4.90 Å². The number of ether oxygens (including phenoxy) is 2. The Kier molecular flexibility index (Phi) is 8.77. The Hall–Kier alpha value is -4.58. The molecule has 0 aliphatic rings. The van der Waals surface area contributed by atoms with Crippen LogP contribution in [0.4, 0.5) is 5.69 Å². The molecule has 1 N–H and O–H groups in total. The second kappa shape index (κ2) is 12.6. The molecule has 0 saturated carbocycles. The molecule has 38 heavy (non-hydrogen) atoms. The van der Waals surface area contributed by atoms with Crippen molar-refractivity contribution >= 4 is 17.5 Å². The standard InChI is InChI=1S/C32H32N2O4/c1-23-12-10-11-17-26(23)22-34(30(35)20-24-13-6-4-7-14-24)31(25-15-8-5-9-16-25)32(36)33-28-19-18-27(37-2)21-29(28)38-3/h4-19,21,31H,20,22H2,1-3H3,(H,33,36). The number of benzene rings is 4. The van der Waals surface area contributed by atoms with Gasteiger partial charge in [0, 0.05) is 12.6 Å². The third-order valence-corrected chi connectivity index (χ3v) is 6.46. The van der Waals surface area contributed by atoms with E-state index in [1.54, 1.807) is 30.2 Å². The van der Waals surface area contributed by atoms with Gasteiger partial charge in [-0.05, 0) is 41.3 Å². The zero-order chi connectivity index (χ0) is 26.9. The van der Waals surface area contributed by atoms with E-state index < -0.39 is 6.04 Å². The molecule has 2 amide bonds. The van der Waals surface area contributed by atoms with Gasteiger partial charge in [0.15, 0.2) is 0 Å². The zero-order valence-electron chi connectivity index (χ0n) is 21.9.